The summed E-state index contributed by atoms with van der Waals surface area (Å²) < 4.78 is 7.43. The Bertz CT molecular complexity index is 905. The van der Waals surface area contributed by atoms with Gasteiger partial charge < -0.3 is 14.3 Å². The first kappa shape index (κ1) is 13.0. The van der Waals surface area contributed by atoms with Gasteiger partial charge in [-0.25, -0.2) is 9.97 Å². The lowest BCUT2D eigenvalue weighted by molar-refractivity contribution is 0.175. The van der Waals surface area contributed by atoms with Gasteiger partial charge in [-0.05, 0) is 24.3 Å². The second-order valence-electron chi connectivity index (χ2n) is 5.24. The number of imidazole rings is 2. The zero-order valence-corrected chi connectivity index (χ0v) is 12.3. The molecule has 4 aromatic rings. The number of hydrogen-bond donors (Lipinski definition) is 1. The molecule has 0 atom stereocenters. The van der Waals surface area contributed by atoms with Crippen molar-refractivity contribution in [3.63, 3.8) is 0 Å². The summed E-state index contributed by atoms with van der Waals surface area (Å²) in [4.78, 5) is 12.7. The topological polar surface area (TPSA) is 55.7 Å². The number of rotatable bonds is 4. The number of methoxy groups -OCH3 is 1. The molecular formula is C17H16N4O. The van der Waals surface area contributed by atoms with E-state index in [1.807, 2.05) is 42.5 Å². The lowest BCUT2D eigenvalue weighted by Gasteiger charge is -2.06. The Labute approximate surface area is 127 Å². The van der Waals surface area contributed by atoms with E-state index in [2.05, 4.69) is 25.6 Å². The van der Waals surface area contributed by atoms with Crippen molar-refractivity contribution < 1.29 is 4.74 Å². The standard InChI is InChI=1S/C17H16N4O/c1-22-11-17-20-14-8-4-5-9-15(14)21(17)10-16-18-12-6-2-3-7-13(12)19-16/h2-9H,10-11H2,1H3,(H,18,19). The van der Waals surface area contributed by atoms with E-state index in [1.165, 1.54) is 0 Å². The third-order valence-electron chi connectivity index (χ3n) is 3.75. The maximum Gasteiger partial charge on any atom is 0.136 e. The predicted octanol–water partition coefficient (Wildman–Crippen LogP) is 3.11. The minimum atomic E-state index is 0.481. The van der Waals surface area contributed by atoms with Gasteiger partial charge in [0.25, 0.3) is 0 Å². The van der Waals surface area contributed by atoms with Crippen LogP contribution in [0.4, 0.5) is 0 Å². The van der Waals surface area contributed by atoms with Crippen molar-refractivity contribution in [1.29, 1.82) is 0 Å². The maximum absolute atomic E-state index is 5.28. The normalized spacial score (nSPS) is 11.5. The molecule has 2 aromatic heterocycles. The smallest absolute Gasteiger partial charge is 0.136 e. The van der Waals surface area contributed by atoms with Crippen LogP contribution in [0.25, 0.3) is 22.1 Å². The van der Waals surface area contributed by atoms with E-state index < -0.39 is 0 Å². The molecule has 4 rings (SSSR count). The van der Waals surface area contributed by atoms with Gasteiger partial charge in [-0.2, -0.15) is 0 Å². The van der Waals surface area contributed by atoms with Crippen LogP contribution in [0.1, 0.15) is 11.6 Å². The molecule has 0 saturated heterocycles. The molecule has 0 radical (unpaired) electrons. The Kier molecular flexibility index (Phi) is 3.12. The number of nitrogens with zero attached hydrogens (tertiary/aromatic N) is 3. The lowest BCUT2D eigenvalue weighted by atomic mass is 10.3. The zero-order chi connectivity index (χ0) is 14.9. The number of aromatic nitrogens is 4. The van der Waals surface area contributed by atoms with Crippen molar-refractivity contribution in [3.05, 3.63) is 60.2 Å². The molecule has 0 saturated carbocycles. The highest BCUT2D eigenvalue weighted by atomic mass is 16.5. The fourth-order valence-corrected chi connectivity index (χ4v) is 2.77. The van der Waals surface area contributed by atoms with Crippen LogP contribution in [-0.2, 0) is 17.9 Å². The van der Waals surface area contributed by atoms with Crippen LogP contribution >= 0.6 is 0 Å². The molecule has 0 bridgehead atoms. The molecular weight excluding hydrogens is 276 g/mol. The van der Waals surface area contributed by atoms with Gasteiger partial charge >= 0.3 is 0 Å². The molecule has 110 valence electrons. The number of para-hydroxylation sites is 4. The highest BCUT2D eigenvalue weighted by Crippen LogP contribution is 2.19. The molecule has 5 nitrogen and oxygen atoms in total. The average Bonchev–Trinajstić information content (AvgIpc) is 3.09. The van der Waals surface area contributed by atoms with Crippen molar-refractivity contribution in [3.8, 4) is 0 Å². The van der Waals surface area contributed by atoms with Crippen molar-refractivity contribution in [2.75, 3.05) is 7.11 Å². The molecule has 0 fully saturated rings. The van der Waals surface area contributed by atoms with Crippen LogP contribution in [0.2, 0.25) is 0 Å². The minimum Gasteiger partial charge on any atom is -0.377 e. The molecule has 0 amide bonds. The summed E-state index contributed by atoms with van der Waals surface area (Å²) >= 11 is 0. The first-order valence-corrected chi connectivity index (χ1v) is 7.22. The van der Waals surface area contributed by atoms with Gasteiger partial charge in [0.05, 0.1) is 28.6 Å². The number of ether oxygens (including phenoxy) is 1. The fraction of sp³-hybridized carbons (Fsp3) is 0.176. The van der Waals surface area contributed by atoms with Gasteiger partial charge in [-0.1, -0.05) is 24.3 Å². The number of aromatic amines is 1. The second-order valence-corrected chi connectivity index (χ2v) is 5.24. The number of fused-ring (bicyclic) bond motifs is 2. The number of nitrogens with one attached hydrogen (secondary N) is 1. The van der Waals surface area contributed by atoms with Crippen LogP contribution in [0, 0.1) is 0 Å². The van der Waals surface area contributed by atoms with E-state index in [1.54, 1.807) is 7.11 Å². The first-order valence-electron chi connectivity index (χ1n) is 7.22. The van der Waals surface area contributed by atoms with Gasteiger partial charge in [0.1, 0.15) is 18.3 Å². The predicted molar refractivity (Wildman–Crippen MR) is 85.6 cm³/mol. The molecule has 1 N–H and O–H groups in total. The molecule has 0 spiro atoms. The number of hydrogen-bond acceptors (Lipinski definition) is 3. The monoisotopic (exact) mass is 292 g/mol. The quantitative estimate of drug-likeness (QED) is 0.629. The zero-order valence-electron chi connectivity index (χ0n) is 12.3. The molecule has 22 heavy (non-hydrogen) atoms. The Morgan fingerprint density at radius 3 is 2.59 bits per heavy atom. The number of benzene rings is 2. The van der Waals surface area contributed by atoms with Crippen molar-refractivity contribution in [2.24, 2.45) is 0 Å². The van der Waals surface area contributed by atoms with E-state index in [0.717, 1.165) is 33.7 Å². The van der Waals surface area contributed by atoms with Gasteiger partial charge in [0.2, 0.25) is 0 Å². The Morgan fingerprint density at radius 2 is 1.77 bits per heavy atom. The third kappa shape index (κ3) is 2.16. The van der Waals surface area contributed by atoms with Gasteiger partial charge in [0, 0.05) is 7.11 Å². The van der Waals surface area contributed by atoms with Gasteiger partial charge in [0.15, 0.2) is 0 Å². The van der Waals surface area contributed by atoms with Crippen LogP contribution < -0.4 is 0 Å². The first-order chi connectivity index (χ1) is 10.8. The van der Waals surface area contributed by atoms with Crippen molar-refractivity contribution in [1.82, 2.24) is 19.5 Å². The summed E-state index contributed by atoms with van der Waals surface area (Å²) in [5.41, 5.74) is 4.10. The van der Waals surface area contributed by atoms with Crippen molar-refractivity contribution >= 4 is 22.1 Å². The summed E-state index contributed by atoms with van der Waals surface area (Å²) in [5.74, 6) is 1.82. The summed E-state index contributed by atoms with van der Waals surface area (Å²) in [5, 5.41) is 0. The summed E-state index contributed by atoms with van der Waals surface area (Å²) in [7, 11) is 1.69. The largest absolute Gasteiger partial charge is 0.377 e. The molecule has 0 aliphatic carbocycles. The minimum absolute atomic E-state index is 0.481. The van der Waals surface area contributed by atoms with E-state index in [4.69, 9.17) is 4.74 Å². The summed E-state index contributed by atoms with van der Waals surface area (Å²) in [6, 6.07) is 16.2. The van der Waals surface area contributed by atoms with Crippen LogP contribution in [0.5, 0.6) is 0 Å². The Hall–Kier alpha value is -2.66. The van der Waals surface area contributed by atoms with E-state index in [-0.39, 0.29) is 0 Å². The number of H-pyrrole nitrogens is 1. The van der Waals surface area contributed by atoms with E-state index >= 15 is 0 Å². The molecule has 2 aromatic carbocycles. The Balaban J connectivity index is 1.80. The van der Waals surface area contributed by atoms with Crippen LogP contribution in [0.15, 0.2) is 48.5 Å². The molecule has 0 aliphatic heterocycles. The van der Waals surface area contributed by atoms with Crippen molar-refractivity contribution in [2.45, 2.75) is 13.2 Å². The lowest BCUT2D eigenvalue weighted by Crippen LogP contribution is -2.07. The Morgan fingerprint density at radius 1 is 1.00 bits per heavy atom. The fourth-order valence-electron chi connectivity index (χ4n) is 2.77. The van der Waals surface area contributed by atoms with Gasteiger partial charge in [-0.15, -0.1) is 0 Å². The van der Waals surface area contributed by atoms with Crippen LogP contribution in [0.3, 0.4) is 0 Å². The summed E-state index contributed by atoms with van der Waals surface area (Å²) in [6.07, 6.45) is 0. The SMILES string of the molecule is COCc1nc2ccccc2n1Cc1nc2ccccc2[nH]1. The highest BCUT2D eigenvalue weighted by molar-refractivity contribution is 5.76. The van der Waals surface area contributed by atoms with Gasteiger partial charge in [-0.3, -0.25) is 0 Å². The average molecular weight is 292 g/mol. The summed E-state index contributed by atoms with van der Waals surface area (Å²) in [6.45, 7) is 1.13. The molecule has 5 heteroatoms. The third-order valence-corrected chi connectivity index (χ3v) is 3.75. The second kappa shape index (κ2) is 5.27. The van der Waals surface area contributed by atoms with E-state index in [9.17, 15) is 0 Å². The van der Waals surface area contributed by atoms with E-state index in [0.29, 0.717) is 13.2 Å². The molecule has 0 unspecified atom stereocenters. The molecule has 2 heterocycles. The maximum atomic E-state index is 5.28. The van der Waals surface area contributed by atoms with Crippen LogP contribution in [-0.4, -0.2) is 26.6 Å². The highest BCUT2D eigenvalue weighted by Gasteiger charge is 2.12. The molecule has 0 aliphatic rings.